The Labute approximate surface area is 119 Å². The number of sulfonamides is 1. The molecule has 0 spiro atoms. The molecule has 6 nitrogen and oxygen atoms in total. The Kier molecular flexibility index (Phi) is 5.97. The third-order valence-electron chi connectivity index (χ3n) is 2.82. The summed E-state index contributed by atoms with van der Waals surface area (Å²) in [5.74, 6) is -0.392. The van der Waals surface area contributed by atoms with Gasteiger partial charge < -0.3 is 11.1 Å². The molecule has 0 aliphatic heterocycles. The molecule has 0 saturated heterocycles. The zero-order valence-corrected chi connectivity index (χ0v) is 12.5. The molecule has 7 heteroatoms. The van der Waals surface area contributed by atoms with Crippen LogP contribution in [0, 0.1) is 0 Å². The van der Waals surface area contributed by atoms with Crippen molar-refractivity contribution in [2.24, 2.45) is 0 Å². The number of anilines is 1. The fraction of sp³-hybridized carbons (Fsp3) is 0.462. The van der Waals surface area contributed by atoms with Gasteiger partial charge in [-0.05, 0) is 31.0 Å². The maximum Gasteiger partial charge on any atom is 0.227 e. The Bertz CT molecular complexity index is 558. The third-order valence-corrected chi connectivity index (χ3v) is 3.55. The molecule has 1 aromatic carbocycles. The van der Waals surface area contributed by atoms with Crippen LogP contribution in [0.15, 0.2) is 24.3 Å². The quantitative estimate of drug-likeness (QED) is 0.502. The number of hydrogen-bond donors (Lipinski definition) is 3. The van der Waals surface area contributed by atoms with Crippen LogP contribution in [0.25, 0.3) is 0 Å². The number of nitrogen functional groups attached to an aromatic ring is 1. The topological polar surface area (TPSA) is 101 Å². The number of carbonyl (C=O) groups is 1. The molecule has 1 unspecified atom stereocenters. The minimum Gasteiger partial charge on any atom is -0.399 e. The van der Waals surface area contributed by atoms with E-state index in [1.165, 1.54) is 0 Å². The lowest BCUT2D eigenvalue weighted by molar-refractivity contribution is -0.122. The fourth-order valence-corrected chi connectivity index (χ4v) is 2.21. The predicted octanol–water partition coefficient (Wildman–Crippen LogP) is 0.428. The Balaban J connectivity index is 2.36. The number of carbonyl (C=O) groups excluding carboxylic acids is 1. The van der Waals surface area contributed by atoms with Gasteiger partial charge in [0.2, 0.25) is 15.9 Å². The smallest absolute Gasteiger partial charge is 0.227 e. The molecule has 1 rings (SSSR count). The van der Waals surface area contributed by atoms with Gasteiger partial charge in [-0.3, -0.25) is 4.79 Å². The van der Waals surface area contributed by atoms with Crippen LogP contribution >= 0.6 is 0 Å². The van der Waals surface area contributed by atoms with E-state index in [1.807, 2.05) is 12.1 Å². The van der Waals surface area contributed by atoms with Gasteiger partial charge in [0.15, 0.2) is 0 Å². The molecule has 1 aromatic rings. The van der Waals surface area contributed by atoms with Gasteiger partial charge in [-0.1, -0.05) is 12.1 Å². The zero-order valence-electron chi connectivity index (χ0n) is 11.7. The summed E-state index contributed by atoms with van der Waals surface area (Å²) in [7, 11) is -3.17. The van der Waals surface area contributed by atoms with Crippen molar-refractivity contribution in [3.05, 3.63) is 29.8 Å². The van der Waals surface area contributed by atoms with Gasteiger partial charge in [0.25, 0.3) is 0 Å². The molecular formula is C13H21N3O3S. The van der Waals surface area contributed by atoms with E-state index in [0.29, 0.717) is 25.2 Å². The van der Waals surface area contributed by atoms with Crippen LogP contribution in [0.1, 0.15) is 24.8 Å². The molecule has 112 valence electrons. The molecular weight excluding hydrogens is 278 g/mol. The number of nitrogens with one attached hydrogen (secondary N) is 2. The van der Waals surface area contributed by atoms with E-state index in [0.717, 1.165) is 11.8 Å². The van der Waals surface area contributed by atoms with Crippen molar-refractivity contribution < 1.29 is 13.2 Å². The van der Waals surface area contributed by atoms with Gasteiger partial charge in [0, 0.05) is 18.8 Å². The molecule has 0 heterocycles. The van der Waals surface area contributed by atoms with E-state index < -0.39 is 10.0 Å². The zero-order chi connectivity index (χ0) is 15.2. The fourth-order valence-electron chi connectivity index (χ4n) is 1.69. The Morgan fingerprint density at radius 3 is 2.65 bits per heavy atom. The number of rotatable bonds is 7. The van der Waals surface area contributed by atoms with Crippen molar-refractivity contribution in [3.8, 4) is 0 Å². The normalized spacial score (nSPS) is 12.9. The van der Waals surface area contributed by atoms with Crippen LogP contribution in [0.4, 0.5) is 5.69 Å². The van der Waals surface area contributed by atoms with Gasteiger partial charge >= 0.3 is 0 Å². The van der Waals surface area contributed by atoms with Crippen LogP contribution in [0.2, 0.25) is 0 Å². The first-order valence-electron chi connectivity index (χ1n) is 6.37. The van der Waals surface area contributed by atoms with Crippen molar-refractivity contribution >= 4 is 21.6 Å². The first kappa shape index (κ1) is 16.5. The highest BCUT2D eigenvalue weighted by atomic mass is 32.2. The van der Waals surface area contributed by atoms with Gasteiger partial charge in [-0.15, -0.1) is 0 Å². The van der Waals surface area contributed by atoms with Crippen molar-refractivity contribution in [3.63, 3.8) is 0 Å². The Morgan fingerprint density at radius 1 is 1.35 bits per heavy atom. The summed E-state index contributed by atoms with van der Waals surface area (Å²) in [6.45, 7) is 2.54. The van der Waals surface area contributed by atoms with Crippen LogP contribution in [-0.4, -0.2) is 33.7 Å². The first-order valence-corrected chi connectivity index (χ1v) is 8.26. The molecule has 20 heavy (non-hydrogen) atoms. The average Bonchev–Trinajstić information content (AvgIpc) is 2.36. The minimum absolute atomic E-state index is 0.102. The van der Waals surface area contributed by atoms with Crippen LogP contribution in [0.5, 0.6) is 0 Å². The summed E-state index contributed by atoms with van der Waals surface area (Å²) < 4.78 is 24.1. The molecule has 1 amide bonds. The Hall–Kier alpha value is -1.60. The van der Waals surface area contributed by atoms with Gasteiger partial charge in [-0.25, -0.2) is 13.1 Å². The standard InChI is InChI=1S/C13H21N3O3S/c1-10(11-5-3-6-12(14)9-11)13(17)15-7-4-8-16-20(2,18)19/h3,5-6,9-10,16H,4,7-8,14H2,1-2H3,(H,15,17). The maximum absolute atomic E-state index is 11.9. The van der Waals surface area contributed by atoms with E-state index in [1.54, 1.807) is 19.1 Å². The molecule has 0 fully saturated rings. The Morgan fingerprint density at radius 2 is 2.05 bits per heavy atom. The average molecular weight is 299 g/mol. The second-order valence-corrected chi connectivity index (χ2v) is 6.54. The molecule has 1 atom stereocenters. The number of nitrogens with two attached hydrogens (primary N) is 1. The minimum atomic E-state index is -3.17. The van der Waals surface area contributed by atoms with E-state index >= 15 is 0 Å². The number of benzene rings is 1. The van der Waals surface area contributed by atoms with Crippen LogP contribution < -0.4 is 15.8 Å². The molecule has 0 aliphatic rings. The van der Waals surface area contributed by atoms with Crippen molar-refractivity contribution in [2.45, 2.75) is 19.3 Å². The van der Waals surface area contributed by atoms with Crippen LogP contribution in [0.3, 0.4) is 0 Å². The monoisotopic (exact) mass is 299 g/mol. The number of amides is 1. The largest absolute Gasteiger partial charge is 0.399 e. The van der Waals surface area contributed by atoms with Gasteiger partial charge in [0.1, 0.15) is 0 Å². The summed E-state index contributed by atoms with van der Waals surface area (Å²) in [5.41, 5.74) is 7.16. The molecule has 4 N–H and O–H groups in total. The summed E-state index contributed by atoms with van der Waals surface area (Å²) >= 11 is 0. The van der Waals surface area contributed by atoms with E-state index in [-0.39, 0.29) is 11.8 Å². The molecule has 0 bridgehead atoms. The highest BCUT2D eigenvalue weighted by Gasteiger charge is 2.14. The van der Waals surface area contributed by atoms with Crippen molar-refractivity contribution in [2.75, 3.05) is 25.1 Å². The van der Waals surface area contributed by atoms with Crippen molar-refractivity contribution in [1.29, 1.82) is 0 Å². The van der Waals surface area contributed by atoms with Crippen LogP contribution in [-0.2, 0) is 14.8 Å². The summed E-state index contributed by atoms with van der Waals surface area (Å²) in [4.78, 5) is 11.9. The summed E-state index contributed by atoms with van der Waals surface area (Å²) in [6.07, 6.45) is 1.65. The molecule has 0 radical (unpaired) electrons. The highest BCUT2D eigenvalue weighted by Crippen LogP contribution is 2.17. The second kappa shape index (κ2) is 7.25. The summed E-state index contributed by atoms with van der Waals surface area (Å²) in [6, 6.07) is 7.21. The molecule has 0 aromatic heterocycles. The van der Waals surface area contributed by atoms with E-state index in [2.05, 4.69) is 10.0 Å². The lowest BCUT2D eigenvalue weighted by atomic mass is 10.00. The number of hydrogen-bond acceptors (Lipinski definition) is 4. The highest BCUT2D eigenvalue weighted by molar-refractivity contribution is 7.88. The summed E-state index contributed by atoms with van der Waals surface area (Å²) in [5, 5.41) is 2.77. The van der Waals surface area contributed by atoms with Gasteiger partial charge in [-0.2, -0.15) is 0 Å². The van der Waals surface area contributed by atoms with Gasteiger partial charge in [0.05, 0.1) is 12.2 Å². The maximum atomic E-state index is 11.9. The predicted molar refractivity (Wildman–Crippen MR) is 79.7 cm³/mol. The lowest BCUT2D eigenvalue weighted by Gasteiger charge is -2.13. The third kappa shape index (κ3) is 6.03. The van der Waals surface area contributed by atoms with Crippen molar-refractivity contribution in [1.82, 2.24) is 10.0 Å². The molecule has 0 saturated carbocycles. The first-order chi connectivity index (χ1) is 9.29. The second-order valence-electron chi connectivity index (χ2n) is 4.70. The molecule has 0 aliphatic carbocycles. The van der Waals surface area contributed by atoms with E-state index in [9.17, 15) is 13.2 Å². The SMILES string of the molecule is CC(C(=O)NCCCNS(C)(=O)=O)c1cccc(N)c1. The van der Waals surface area contributed by atoms with E-state index in [4.69, 9.17) is 5.73 Å². The lowest BCUT2D eigenvalue weighted by Crippen LogP contribution is -2.31.